The van der Waals surface area contributed by atoms with Crippen molar-refractivity contribution in [2.45, 2.75) is 141 Å². The summed E-state index contributed by atoms with van der Waals surface area (Å²) >= 11 is 0. The molecule has 0 saturated carbocycles. The normalized spacial score (nSPS) is 20.1. The average Bonchev–Trinajstić information content (AvgIpc) is 3.06. The summed E-state index contributed by atoms with van der Waals surface area (Å²) in [5.74, 6) is -2.70. The van der Waals surface area contributed by atoms with Crippen molar-refractivity contribution in [1.82, 2.24) is 0 Å². The topological polar surface area (TPSA) is 172 Å². The number of allylic oxidation sites excluding steroid dienone is 1. The SMILES string of the molecule is CCCCCCCCCCCCC/C=C/[C@@H](OC(=O)c1ccccc1)[C@H](CO[C@@H]1OC[C@@H](OC(C)=O)[C@H](OC(C)=O)[C@H]1OC(C)=O)N=[N+]=[N-]. The Morgan fingerprint density at radius 3 is 2.00 bits per heavy atom. The smallest absolute Gasteiger partial charge is 0.338 e. The Bertz CT molecular complexity index is 1220. The van der Waals surface area contributed by atoms with Crippen LogP contribution in [0.3, 0.4) is 0 Å². The van der Waals surface area contributed by atoms with Gasteiger partial charge in [0.15, 0.2) is 24.6 Å². The molecule has 13 heteroatoms. The van der Waals surface area contributed by atoms with Gasteiger partial charge in [-0.05, 0) is 36.6 Å². The van der Waals surface area contributed by atoms with Crippen LogP contribution in [0.15, 0.2) is 47.6 Å². The van der Waals surface area contributed by atoms with Crippen LogP contribution < -0.4 is 0 Å². The number of hydrogen-bond donors (Lipinski definition) is 0. The molecule has 1 aromatic rings. The van der Waals surface area contributed by atoms with E-state index in [4.69, 9.17) is 28.4 Å². The van der Waals surface area contributed by atoms with Gasteiger partial charge in [0.25, 0.3) is 0 Å². The molecule has 0 amide bonds. The first kappa shape index (κ1) is 41.2. The number of rotatable bonds is 23. The number of ether oxygens (including phenoxy) is 6. The lowest BCUT2D eigenvalue weighted by molar-refractivity contribution is -0.282. The standard InChI is InChI=1S/C36H53N3O10/c1-5-6-7-8-9-10-11-12-13-14-15-16-20-23-31(49-35(43)29-21-18-17-19-22-29)30(38-39-37)24-44-36-34(48-28(4)42)33(47-27(3)41)32(25-45-36)46-26(2)40/h17-23,30-34,36H,5-16,24-25H2,1-4H3/b23-20+/t30-,31+,32+,33-,34+,36+/m0/s1. The van der Waals surface area contributed by atoms with Crippen molar-refractivity contribution in [3.63, 3.8) is 0 Å². The quantitative estimate of drug-likeness (QED) is 0.0216. The summed E-state index contributed by atoms with van der Waals surface area (Å²) in [6.07, 6.45) is 11.8. The Labute approximate surface area is 289 Å². The van der Waals surface area contributed by atoms with Gasteiger partial charge in [0.05, 0.1) is 18.8 Å². The third-order valence-electron chi connectivity index (χ3n) is 7.87. The first-order valence-corrected chi connectivity index (χ1v) is 17.4. The molecule has 1 aliphatic rings. The minimum Gasteiger partial charge on any atom is -0.456 e. The van der Waals surface area contributed by atoms with Crippen molar-refractivity contribution in [1.29, 1.82) is 0 Å². The second-order valence-corrected chi connectivity index (χ2v) is 12.1. The van der Waals surface area contributed by atoms with Crippen molar-refractivity contribution in [2.75, 3.05) is 13.2 Å². The minimum absolute atomic E-state index is 0.239. The lowest BCUT2D eigenvalue weighted by atomic mass is 10.0. The molecule has 2 rings (SSSR count). The van der Waals surface area contributed by atoms with Crippen LogP contribution in [0.2, 0.25) is 0 Å². The van der Waals surface area contributed by atoms with Crippen molar-refractivity contribution < 1.29 is 47.6 Å². The highest BCUT2D eigenvalue weighted by Gasteiger charge is 2.47. The third-order valence-corrected chi connectivity index (χ3v) is 7.87. The minimum atomic E-state index is -1.33. The molecule has 0 radical (unpaired) electrons. The van der Waals surface area contributed by atoms with Gasteiger partial charge in [-0.25, -0.2) is 4.79 Å². The third kappa shape index (κ3) is 16.8. The molecule has 0 N–H and O–H groups in total. The fourth-order valence-corrected chi connectivity index (χ4v) is 5.47. The van der Waals surface area contributed by atoms with Gasteiger partial charge >= 0.3 is 23.9 Å². The molecule has 1 fully saturated rings. The van der Waals surface area contributed by atoms with Gasteiger partial charge in [0.1, 0.15) is 12.1 Å². The molecule has 0 aliphatic carbocycles. The summed E-state index contributed by atoms with van der Waals surface area (Å²) in [6.45, 7) is 5.16. The highest BCUT2D eigenvalue weighted by atomic mass is 16.7. The molecular formula is C36H53N3O10. The van der Waals surface area contributed by atoms with Crippen molar-refractivity contribution in [3.8, 4) is 0 Å². The summed E-state index contributed by atoms with van der Waals surface area (Å²) in [7, 11) is 0. The van der Waals surface area contributed by atoms with Crippen molar-refractivity contribution in [3.05, 3.63) is 58.5 Å². The van der Waals surface area contributed by atoms with Crippen LogP contribution in [0.5, 0.6) is 0 Å². The second-order valence-electron chi connectivity index (χ2n) is 12.1. The maximum atomic E-state index is 13.0. The first-order chi connectivity index (χ1) is 23.7. The number of hydrogen-bond acceptors (Lipinski definition) is 11. The Morgan fingerprint density at radius 1 is 0.857 bits per heavy atom. The molecule has 0 spiro atoms. The van der Waals surface area contributed by atoms with Gasteiger partial charge in [0, 0.05) is 25.7 Å². The molecule has 0 bridgehead atoms. The second kappa shape index (κ2) is 24.2. The van der Waals surface area contributed by atoms with Crippen LogP contribution in [-0.4, -0.2) is 73.8 Å². The number of azide groups is 1. The van der Waals surface area contributed by atoms with E-state index in [1.165, 1.54) is 58.3 Å². The van der Waals surface area contributed by atoms with Crippen LogP contribution >= 0.6 is 0 Å². The summed E-state index contributed by atoms with van der Waals surface area (Å²) < 4.78 is 33.5. The van der Waals surface area contributed by atoms with E-state index in [1.54, 1.807) is 36.4 Å². The molecular weight excluding hydrogens is 634 g/mol. The molecule has 1 aliphatic heterocycles. The molecule has 1 saturated heterocycles. The predicted octanol–water partition coefficient (Wildman–Crippen LogP) is 7.32. The van der Waals surface area contributed by atoms with E-state index in [-0.39, 0.29) is 13.2 Å². The Morgan fingerprint density at radius 2 is 1.43 bits per heavy atom. The van der Waals surface area contributed by atoms with E-state index >= 15 is 0 Å². The van der Waals surface area contributed by atoms with Crippen molar-refractivity contribution >= 4 is 23.9 Å². The van der Waals surface area contributed by atoms with E-state index in [2.05, 4.69) is 16.9 Å². The van der Waals surface area contributed by atoms with Crippen LogP contribution in [0.25, 0.3) is 10.4 Å². The lowest BCUT2D eigenvalue weighted by Crippen LogP contribution is -2.58. The van der Waals surface area contributed by atoms with Crippen LogP contribution in [0, 0.1) is 0 Å². The van der Waals surface area contributed by atoms with Gasteiger partial charge in [-0.3, -0.25) is 14.4 Å². The predicted molar refractivity (Wildman–Crippen MR) is 181 cm³/mol. The number of nitrogens with zero attached hydrogens (tertiary/aromatic N) is 3. The molecule has 49 heavy (non-hydrogen) atoms. The molecule has 13 nitrogen and oxygen atoms in total. The zero-order valence-electron chi connectivity index (χ0n) is 29.3. The van der Waals surface area contributed by atoms with Gasteiger partial charge < -0.3 is 28.4 Å². The molecule has 272 valence electrons. The zero-order valence-corrected chi connectivity index (χ0v) is 29.3. The summed E-state index contributed by atoms with van der Waals surface area (Å²) in [6, 6.07) is 7.37. The fraction of sp³-hybridized carbons (Fsp3) is 0.667. The number of esters is 4. The highest BCUT2D eigenvalue weighted by Crippen LogP contribution is 2.26. The number of unbranched alkanes of at least 4 members (excludes halogenated alkanes) is 11. The highest BCUT2D eigenvalue weighted by molar-refractivity contribution is 5.89. The van der Waals surface area contributed by atoms with Gasteiger partial charge in [-0.1, -0.05) is 101 Å². The van der Waals surface area contributed by atoms with E-state index in [0.717, 1.165) is 39.5 Å². The van der Waals surface area contributed by atoms with Crippen LogP contribution in [0.4, 0.5) is 0 Å². The summed E-state index contributed by atoms with van der Waals surface area (Å²) in [5.41, 5.74) is 9.74. The summed E-state index contributed by atoms with van der Waals surface area (Å²) in [5, 5.41) is 3.85. The Kier molecular flexibility index (Phi) is 20.4. The Hall–Kier alpha value is -3.93. The molecule has 0 unspecified atom stereocenters. The number of carbonyl (C=O) groups is 4. The Balaban J connectivity index is 2.10. The van der Waals surface area contributed by atoms with Crippen LogP contribution in [0.1, 0.15) is 115 Å². The molecule has 0 aromatic heterocycles. The fourth-order valence-electron chi connectivity index (χ4n) is 5.47. The maximum absolute atomic E-state index is 13.0. The van der Waals surface area contributed by atoms with Gasteiger partial charge in [-0.2, -0.15) is 0 Å². The zero-order chi connectivity index (χ0) is 35.9. The largest absolute Gasteiger partial charge is 0.456 e. The molecule has 1 aromatic carbocycles. The lowest BCUT2D eigenvalue weighted by Gasteiger charge is -2.40. The van der Waals surface area contributed by atoms with E-state index in [9.17, 15) is 24.7 Å². The van der Waals surface area contributed by atoms with Gasteiger partial charge in [-0.15, -0.1) is 0 Å². The van der Waals surface area contributed by atoms with E-state index < -0.39 is 60.6 Å². The van der Waals surface area contributed by atoms with Gasteiger partial charge in [0.2, 0.25) is 0 Å². The van der Waals surface area contributed by atoms with Crippen molar-refractivity contribution in [2.24, 2.45) is 5.11 Å². The van der Waals surface area contributed by atoms with E-state index in [1.807, 2.05) is 6.08 Å². The van der Waals surface area contributed by atoms with E-state index in [0.29, 0.717) is 5.56 Å². The first-order valence-electron chi connectivity index (χ1n) is 17.4. The average molecular weight is 688 g/mol. The maximum Gasteiger partial charge on any atom is 0.338 e. The number of benzene rings is 1. The summed E-state index contributed by atoms with van der Waals surface area (Å²) in [4.78, 5) is 51.6. The monoisotopic (exact) mass is 687 g/mol. The molecule has 6 atom stereocenters. The molecule has 1 heterocycles. The van der Waals surface area contributed by atoms with Crippen LogP contribution in [-0.2, 0) is 42.8 Å². The number of carbonyl (C=O) groups excluding carboxylic acids is 4.